The summed E-state index contributed by atoms with van der Waals surface area (Å²) in [5.41, 5.74) is 6.37. The number of carbonyl (C=O) groups is 1. The molecule has 2 aromatic rings. The van der Waals surface area contributed by atoms with Crippen molar-refractivity contribution in [1.82, 2.24) is 4.98 Å². The Bertz CT molecular complexity index is 462. The third-order valence-electron chi connectivity index (χ3n) is 2.02. The van der Waals surface area contributed by atoms with Crippen LogP contribution in [0.25, 0.3) is 11.1 Å². The van der Waals surface area contributed by atoms with Gasteiger partial charge in [-0.1, -0.05) is 0 Å². The van der Waals surface area contributed by atoms with Gasteiger partial charge in [-0.3, -0.25) is 4.79 Å². The number of nitrogens with zero attached hydrogens (tertiary/aromatic N) is 1. The van der Waals surface area contributed by atoms with Crippen molar-refractivity contribution in [3.8, 4) is 0 Å². The van der Waals surface area contributed by atoms with Gasteiger partial charge in [0.1, 0.15) is 6.26 Å². The van der Waals surface area contributed by atoms with E-state index in [1.54, 1.807) is 12.3 Å². The molecule has 0 aromatic carbocycles. The van der Waals surface area contributed by atoms with Gasteiger partial charge in [0.15, 0.2) is 5.78 Å². The highest BCUT2D eigenvalue weighted by atomic mass is 16.3. The number of aromatic nitrogens is 1. The summed E-state index contributed by atoms with van der Waals surface area (Å²) in [5.74, 6) is -0.000694. The van der Waals surface area contributed by atoms with E-state index in [4.69, 9.17) is 10.2 Å². The quantitative estimate of drug-likeness (QED) is 0.742. The molecule has 2 heterocycles. The molecule has 0 bridgehead atoms. The largest absolute Gasteiger partial charge is 0.445 e. The molecule has 0 aliphatic heterocycles. The fourth-order valence-corrected chi connectivity index (χ4v) is 1.35. The molecule has 14 heavy (non-hydrogen) atoms. The van der Waals surface area contributed by atoms with Gasteiger partial charge in [-0.2, -0.15) is 0 Å². The molecule has 0 aliphatic carbocycles. The zero-order valence-electron chi connectivity index (χ0n) is 7.56. The molecular weight excluding hydrogens is 180 g/mol. The molecule has 0 atom stereocenters. The van der Waals surface area contributed by atoms with Gasteiger partial charge < -0.3 is 10.2 Å². The number of furan rings is 1. The monoisotopic (exact) mass is 190 g/mol. The minimum absolute atomic E-state index is 0.000694. The van der Waals surface area contributed by atoms with E-state index < -0.39 is 0 Å². The fraction of sp³-hybridized carbons (Fsp3) is 0.200. The third kappa shape index (κ3) is 1.40. The maximum absolute atomic E-state index is 11.6. The maximum atomic E-state index is 11.6. The number of ketones is 1. The summed E-state index contributed by atoms with van der Waals surface area (Å²) < 4.78 is 5.14. The molecule has 0 saturated carbocycles. The molecule has 0 spiro atoms. The molecule has 4 nitrogen and oxygen atoms in total. The smallest absolute Gasteiger partial charge is 0.226 e. The SMILES string of the molecule is NCCC(=O)c1coc2ncccc12. The molecule has 0 radical (unpaired) electrons. The van der Waals surface area contributed by atoms with E-state index in [-0.39, 0.29) is 5.78 Å². The van der Waals surface area contributed by atoms with Crippen molar-refractivity contribution < 1.29 is 9.21 Å². The van der Waals surface area contributed by atoms with E-state index in [1.807, 2.05) is 6.07 Å². The summed E-state index contributed by atoms with van der Waals surface area (Å²) in [6.45, 7) is 0.353. The first-order chi connectivity index (χ1) is 6.83. The Morgan fingerprint density at radius 1 is 1.57 bits per heavy atom. The Morgan fingerprint density at radius 3 is 3.21 bits per heavy atom. The summed E-state index contributed by atoms with van der Waals surface area (Å²) in [4.78, 5) is 15.5. The normalized spacial score (nSPS) is 10.6. The Kier molecular flexibility index (Phi) is 2.28. The van der Waals surface area contributed by atoms with Crippen LogP contribution in [0.5, 0.6) is 0 Å². The summed E-state index contributed by atoms with van der Waals surface area (Å²) >= 11 is 0. The Balaban J connectivity index is 2.47. The Labute approximate surface area is 80.7 Å². The van der Waals surface area contributed by atoms with Crippen LogP contribution in [0.4, 0.5) is 0 Å². The van der Waals surface area contributed by atoms with Crippen LogP contribution in [0.2, 0.25) is 0 Å². The second kappa shape index (κ2) is 3.59. The fourth-order valence-electron chi connectivity index (χ4n) is 1.35. The van der Waals surface area contributed by atoms with Gasteiger partial charge in [0.25, 0.3) is 0 Å². The Morgan fingerprint density at radius 2 is 2.43 bits per heavy atom. The number of Topliss-reactive ketones (excluding diaryl/α,β-unsaturated/α-hetero) is 1. The van der Waals surface area contributed by atoms with Crippen LogP contribution in [0.3, 0.4) is 0 Å². The van der Waals surface area contributed by atoms with Crippen molar-refractivity contribution in [1.29, 1.82) is 0 Å². The number of rotatable bonds is 3. The van der Waals surface area contributed by atoms with E-state index in [9.17, 15) is 4.79 Å². The molecule has 0 fully saturated rings. The summed E-state index contributed by atoms with van der Waals surface area (Å²) in [6.07, 6.45) is 3.40. The third-order valence-corrected chi connectivity index (χ3v) is 2.02. The first-order valence-electron chi connectivity index (χ1n) is 4.38. The van der Waals surface area contributed by atoms with Crippen LogP contribution in [0.15, 0.2) is 29.0 Å². The molecule has 0 amide bonds. The summed E-state index contributed by atoms with van der Waals surface area (Å²) in [7, 11) is 0. The highest BCUT2D eigenvalue weighted by Gasteiger charge is 2.12. The van der Waals surface area contributed by atoms with Crippen LogP contribution >= 0.6 is 0 Å². The lowest BCUT2D eigenvalue weighted by molar-refractivity contribution is 0.0986. The van der Waals surface area contributed by atoms with Crippen LogP contribution in [0.1, 0.15) is 16.8 Å². The van der Waals surface area contributed by atoms with E-state index in [0.717, 1.165) is 5.39 Å². The first-order valence-corrected chi connectivity index (χ1v) is 4.38. The lowest BCUT2D eigenvalue weighted by Gasteiger charge is -1.93. The van der Waals surface area contributed by atoms with Crippen LogP contribution in [-0.4, -0.2) is 17.3 Å². The molecule has 0 unspecified atom stereocenters. The number of fused-ring (bicyclic) bond motifs is 1. The van der Waals surface area contributed by atoms with Gasteiger partial charge in [-0.15, -0.1) is 0 Å². The predicted molar refractivity (Wildman–Crippen MR) is 52.0 cm³/mol. The highest BCUT2D eigenvalue weighted by molar-refractivity contribution is 6.06. The molecular formula is C10H10N2O2. The van der Waals surface area contributed by atoms with E-state index >= 15 is 0 Å². The second-order valence-corrected chi connectivity index (χ2v) is 2.97. The molecule has 2 N–H and O–H groups in total. The average Bonchev–Trinajstić information content (AvgIpc) is 2.61. The topological polar surface area (TPSA) is 69.1 Å². The second-order valence-electron chi connectivity index (χ2n) is 2.97. The van der Waals surface area contributed by atoms with Crippen LogP contribution < -0.4 is 5.73 Å². The van der Waals surface area contributed by atoms with Crippen molar-refractivity contribution in [3.63, 3.8) is 0 Å². The lowest BCUT2D eigenvalue weighted by Crippen LogP contribution is -2.07. The van der Waals surface area contributed by atoms with Gasteiger partial charge in [0.05, 0.1) is 10.9 Å². The molecule has 72 valence electrons. The van der Waals surface area contributed by atoms with E-state index in [2.05, 4.69) is 4.98 Å². The number of hydrogen-bond acceptors (Lipinski definition) is 4. The van der Waals surface area contributed by atoms with Gasteiger partial charge in [0, 0.05) is 12.6 Å². The van der Waals surface area contributed by atoms with Gasteiger partial charge in [-0.05, 0) is 18.7 Å². The van der Waals surface area contributed by atoms with Gasteiger partial charge in [-0.25, -0.2) is 4.98 Å². The van der Waals surface area contributed by atoms with Gasteiger partial charge >= 0.3 is 0 Å². The number of pyridine rings is 1. The van der Waals surface area contributed by atoms with Crippen molar-refractivity contribution in [2.24, 2.45) is 5.73 Å². The lowest BCUT2D eigenvalue weighted by atomic mass is 10.1. The number of carbonyl (C=O) groups excluding carboxylic acids is 1. The van der Waals surface area contributed by atoms with E-state index in [1.165, 1.54) is 6.26 Å². The average molecular weight is 190 g/mol. The number of hydrogen-bond donors (Lipinski definition) is 1. The molecule has 2 rings (SSSR count). The Hall–Kier alpha value is -1.68. The van der Waals surface area contributed by atoms with Gasteiger partial charge in [0.2, 0.25) is 5.71 Å². The highest BCUT2D eigenvalue weighted by Crippen LogP contribution is 2.19. The van der Waals surface area contributed by atoms with Crippen molar-refractivity contribution in [3.05, 3.63) is 30.2 Å². The van der Waals surface area contributed by atoms with Crippen molar-refractivity contribution in [2.45, 2.75) is 6.42 Å². The van der Waals surface area contributed by atoms with Crippen molar-refractivity contribution >= 4 is 16.9 Å². The zero-order chi connectivity index (χ0) is 9.97. The summed E-state index contributed by atoms with van der Waals surface area (Å²) in [5, 5.41) is 0.756. The van der Waals surface area contributed by atoms with Crippen molar-refractivity contribution in [2.75, 3.05) is 6.54 Å². The number of nitrogens with two attached hydrogens (primary N) is 1. The standard InChI is InChI=1S/C10H10N2O2/c11-4-3-9(13)8-6-14-10-7(8)2-1-5-12-10/h1-2,5-6H,3-4,11H2. The zero-order valence-corrected chi connectivity index (χ0v) is 7.56. The maximum Gasteiger partial charge on any atom is 0.226 e. The van der Waals surface area contributed by atoms with Crippen LogP contribution in [-0.2, 0) is 0 Å². The summed E-state index contributed by atoms with van der Waals surface area (Å²) in [6, 6.07) is 3.59. The molecule has 0 saturated heterocycles. The predicted octanol–water partition coefficient (Wildman–Crippen LogP) is 1.36. The van der Waals surface area contributed by atoms with E-state index in [0.29, 0.717) is 24.2 Å². The molecule has 4 heteroatoms. The molecule has 2 aromatic heterocycles. The minimum atomic E-state index is -0.000694. The molecule has 0 aliphatic rings. The van der Waals surface area contributed by atoms with Crippen LogP contribution in [0, 0.1) is 0 Å². The minimum Gasteiger partial charge on any atom is -0.445 e. The first kappa shape index (κ1) is 8.90.